The SMILES string of the molecule is COCCNc1ccc(C(=O)O)cc1S(=O)(=O)NCCCO. The van der Waals surface area contributed by atoms with Gasteiger partial charge in [-0.1, -0.05) is 0 Å². The van der Waals surface area contributed by atoms with Crippen molar-refractivity contribution >= 4 is 21.7 Å². The number of ether oxygens (including phenoxy) is 1. The molecule has 0 saturated heterocycles. The molecule has 1 aromatic carbocycles. The molecule has 124 valence electrons. The lowest BCUT2D eigenvalue weighted by Gasteiger charge is -2.14. The molecule has 0 unspecified atom stereocenters. The molecule has 0 aliphatic carbocycles. The van der Waals surface area contributed by atoms with Crippen molar-refractivity contribution in [2.75, 3.05) is 38.7 Å². The van der Waals surface area contributed by atoms with Gasteiger partial charge in [-0.3, -0.25) is 0 Å². The highest BCUT2D eigenvalue weighted by Crippen LogP contribution is 2.23. The lowest BCUT2D eigenvalue weighted by Crippen LogP contribution is -2.26. The number of carboxylic acid groups (broad SMARTS) is 1. The van der Waals surface area contributed by atoms with Gasteiger partial charge in [0.1, 0.15) is 4.90 Å². The van der Waals surface area contributed by atoms with E-state index in [-0.39, 0.29) is 30.0 Å². The van der Waals surface area contributed by atoms with Gasteiger partial charge in [0.15, 0.2) is 0 Å². The van der Waals surface area contributed by atoms with E-state index in [9.17, 15) is 13.2 Å². The average molecular weight is 332 g/mol. The Morgan fingerprint density at radius 2 is 2.05 bits per heavy atom. The molecule has 0 amide bonds. The molecule has 0 saturated carbocycles. The summed E-state index contributed by atoms with van der Waals surface area (Å²) in [6, 6.07) is 3.82. The molecule has 8 nitrogen and oxygen atoms in total. The first-order chi connectivity index (χ1) is 10.4. The molecule has 0 radical (unpaired) electrons. The third-order valence-corrected chi connectivity index (χ3v) is 4.27. The number of carboxylic acids is 1. The second-order valence-corrected chi connectivity index (χ2v) is 6.15. The molecule has 0 spiro atoms. The van der Waals surface area contributed by atoms with Gasteiger partial charge in [0.25, 0.3) is 0 Å². The zero-order chi connectivity index (χ0) is 16.6. The van der Waals surface area contributed by atoms with Gasteiger partial charge in [0, 0.05) is 26.8 Å². The maximum Gasteiger partial charge on any atom is 0.335 e. The molecule has 0 fully saturated rings. The van der Waals surface area contributed by atoms with E-state index in [2.05, 4.69) is 10.0 Å². The minimum absolute atomic E-state index is 0.0631. The molecule has 4 N–H and O–H groups in total. The van der Waals surface area contributed by atoms with Crippen LogP contribution in [-0.2, 0) is 14.8 Å². The quantitative estimate of drug-likeness (QED) is 0.448. The van der Waals surface area contributed by atoms with Crippen LogP contribution in [0, 0.1) is 0 Å². The second-order valence-electron chi connectivity index (χ2n) is 4.41. The van der Waals surface area contributed by atoms with Crippen LogP contribution in [0.15, 0.2) is 23.1 Å². The zero-order valence-corrected chi connectivity index (χ0v) is 13.0. The maximum atomic E-state index is 12.3. The lowest BCUT2D eigenvalue weighted by atomic mass is 10.2. The van der Waals surface area contributed by atoms with E-state index in [0.29, 0.717) is 18.8 Å². The number of rotatable bonds is 10. The first-order valence-electron chi connectivity index (χ1n) is 6.63. The van der Waals surface area contributed by atoms with Gasteiger partial charge in [0.05, 0.1) is 17.9 Å². The maximum absolute atomic E-state index is 12.3. The summed E-state index contributed by atoms with van der Waals surface area (Å²) in [5.74, 6) is -1.21. The van der Waals surface area contributed by atoms with Crippen LogP contribution in [0.2, 0.25) is 0 Å². The predicted octanol–water partition coefficient (Wildman–Crippen LogP) is 0.104. The number of carbonyl (C=O) groups is 1. The third kappa shape index (κ3) is 5.26. The van der Waals surface area contributed by atoms with Gasteiger partial charge in [-0.2, -0.15) is 0 Å². The molecule has 0 bridgehead atoms. The minimum Gasteiger partial charge on any atom is -0.478 e. The van der Waals surface area contributed by atoms with Gasteiger partial charge in [0.2, 0.25) is 10.0 Å². The highest BCUT2D eigenvalue weighted by molar-refractivity contribution is 7.89. The lowest BCUT2D eigenvalue weighted by molar-refractivity contribution is 0.0696. The fourth-order valence-corrected chi connectivity index (χ4v) is 2.96. The van der Waals surface area contributed by atoms with Crippen molar-refractivity contribution in [2.45, 2.75) is 11.3 Å². The molecule has 0 aliphatic rings. The molecule has 9 heteroatoms. The van der Waals surface area contributed by atoms with Crippen molar-refractivity contribution in [3.05, 3.63) is 23.8 Å². The summed E-state index contributed by atoms with van der Waals surface area (Å²) in [5.41, 5.74) is 0.165. The highest BCUT2D eigenvalue weighted by Gasteiger charge is 2.20. The Balaban J connectivity index is 3.09. The van der Waals surface area contributed by atoms with Crippen molar-refractivity contribution in [2.24, 2.45) is 0 Å². The van der Waals surface area contributed by atoms with E-state index < -0.39 is 16.0 Å². The fraction of sp³-hybridized carbons (Fsp3) is 0.462. The van der Waals surface area contributed by atoms with Crippen molar-refractivity contribution in [1.82, 2.24) is 4.72 Å². The number of aliphatic hydroxyl groups is 1. The number of nitrogens with one attached hydrogen (secondary N) is 2. The number of benzene rings is 1. The van der Waals surface area contributed by atoms with Gasteiger partial charge in [-0.25, -0.2) is 17.9 Å². The van der Waals surface area contributed by atoms with Crippen molar-refractivity contribution in [3.63, 3.8) is 0 Å². The van der Waals surface area contributed by atoms with Crippen LogP contribution in [0.25, 0.3) is 0 Å². The minimum atomic E-state index is -3.88. The van der Waals surface area contributed by atoms with Crippen LogP contribution in [0.4, 0.5) is 5.69 Å². The van der Waals surface area contributed by atoms with Crippen LogP contribution >= 0.6 is 0 Å². The van der Waals surface area contributed by atoms with Crippen molar-refractivity contribution in [3.8, 4) is 0 Å². The highest BCUT2D eigenvalue weighted by atomic mass is 32.2. The molecule has 22 heavy (non-hydrogen) atoms. The van der Waals surface area contributed by atoms with Gasteiger partial charge >= 0.3 is 5.97 Å². The van der Waals surface area contributed by atoms with E-state index in [1.54, 1.807) is 0 Å². The summed E-state index contributed by atoms with van der Waals surface area (Å²) in [6.45, 7) is 0.671. The fourth-order valence-electron chi connectivity index (χ4n) is 1.67. The summed E-state index contributed by atoms with van der Waals surface area (Å²) in [7, 11) is -2.37. The summed E-state index contributed by atoms with van der Waals surface area (Å²) in [6.07, 6.45) is 0.268. The largest absolute Gasteiger partial charge is 0.478 e. The Bertz CT molecular complexity index is 603. The van der Waals surface area contributed by atoms with E-state index in [4.69, 9.17) is 14.9 Å². The molecular formula is C13H20N2O6S. The summed E-state index contributed by atoms with van der Waals surface area (Å²) in [5, 5.41) is 20.6. The molecule has 0 aliphatic heterocycles. The smallest absolute Gasteiger partial charge is 0.335 e. The first kappa shape index (κ1) is 18.4. The van der Waals surface area contributed by atoms with E-state index in [0.717, 1.165) is 6.07 Å². The van der Waals surface area contributed by atoms with E-state index in [1.807, 2.05) is 0 Å². The van der Waals surface area contributed by atoms with Gasteiger partial charge in [-0.05, 0) is 24.6 Å². The van der Waals surface area contributed by atoms with E-state index in [1.165, 1.54) is 19.2 Å². The number of anilines is 1. The van der Waals surface area contributed by atoms with Gasteiger partial charge < -0.3 is 20.3 Å². The number of hydrogen-bond acceptors (Lipinski definition) is 6. The third-order valence-electron chi connectivity index (χ3n) is 2.77. The normalized spacial score (nSPS) is 11.4. The number of sulfonamides is 1. The van der Waals surface area contributed by atoms with Crippen LogP contribution in [0.5, 0.6) is 0 Å². The Hall–Kier alpha value is -1.68. The Morgan fingerprint density at radius 3 is 2.64 bits per heavy atom. The monoisotopic (exact) mass is 332 g/mol. The number of aromatic carboxylic acids is 1. The van der Waals surface area contributed by atoms with E-state index >= 15 is 0 Å². The Kier molecular flexibility index (Phi) is 7.25. The Labute approximate surface area is 129 Å². The number of hydrogen-bond donors (Lipinski definition) is 4. The topological polar surface area (TPSA) is 125 Å². The average Bonchev–Trinajstić information content (AvgIpc) is 2.47. The predicted molar refractivity (Wildman–Crippen MR) is 80.7 cm³/mol. The number of aliphatic hydroxyl groups excluding tert-OH is 1. The zero-order valence-electron chi connectivity index (χ0n) is 12.2. The molecule has 0 heterocycles. The van der Waals surface area contributed by atoms with Crippen LogP contribution in [0.3, 0.4) is 0 Å². The molecule has 0 atom stereocenters. The molecule has 1 rings (SSSR count). The summed E-state index contributed by atoms with van der Waals surface area (Å²) < 4.78 is 31.8. The standard InChI is InChI=1S/C13H20N2O6S/c1-21-8-6-14-11-4-3-10(13(17)18)9-12(11)22(19,20)15-5-2-7-16/h3-4,9,14-16H,2,5-8H2,1H3,(H,17,18). The molecule has 0 aromatic heterocycles. The first-order valence-corrected chi connectivity index (χ1v) is 8.11. The van der Waals surface area contributed by atoms with Crippen LogP contribution < -0.4 is 10.0 Å². The second kappa shape index (κ2) is 8.69. The Morgan fingerprint density at radius 1 is 1.32 bits per heavy atom. The van der Waals surface area contributed by atoms with Crippen molar-refractivity contribution in [1.29, 1.82) is 0 Å². The van der Waals surface area contributed by atoms with Crippen molar-refractivity contribution < 1.29 is 28.2 Å². The summed E-state index contributed by atoms with van der Waals surface area (Å²) in [4.78, 5) is 10.9. The molecule has 1 aromatic rings. The number of methoxy groups -OCH3 is 1. The summed E-state index contributed by atoms with van der Waals surface area (Å²) >= 11 is 0. The van der Waals surface area contributed by atoms with Gasteiger partial charge in [-0.15, -0.1) is 0 Å². The van der Waals surface area contributed by atoms with Crippen LogP contribution in [0.1, 0.15) is 16.8 Å². The van der Waals surface area contributed by atoms with Crippen LogP contribution in [-0.4, -0.2) is 58.0 Å². The molecular weight excluding hydrogens is 312 g/mol.